The van der Waals surface area contributed by atoms with E-state index in [0.29, 0.717) is 24.0 Å². The summed E-state index contributed by atoms with van der Waals surface area (Å²) < 4.78 is 0. The summed E-state index contributed by atoms with van der Waals surface area (Å²) in [6, 6.07) is 0.0623. The second-order valence-corrected chi connectivity index (χ2v) is 21.6. The molecule has 0 unspecified atom stereocenters. The Kier molecular flexibility index (Phi) is 29.5. The largest absolute Gasteiger partial charge is 0.508 e. The molecule has 0 aliphatic carbocycles. The van der Waals surface area contributed by atoms with Crippen LogP contribution in [0.5, 0.6) is 11.5 Å². The van der Waals surface area contributed by atoms with Crippen LogP contribution in [0.15, 0.2) is 58.5 Å². The number of carbonyl (C=O) groups is 10. The van der Waals surface area contributed by atoms with Crippen molar-refractivity contribution in [3.8, 4) is 11.5 Å². The zero-order valence-electron chi connectivity index (χ0n) is 49.0. The first kappa shape index (κ1) is 70.7. The Morgan fingerprint density at radius 1 is 0.600 bits per heavy atom. The highest BCUT2D eigenvalue weighted by Crippen LogP contribution is 2.21. The number of nitrogens with one attached hydrogen (secondary N) is 7. The van der Waals surface area contributed by atoms with Gasteiger partial charge in [-0.05, 0) is 112 Å². The Balaban J connectivity index is 1.94. The summed E-state index contributed by atoms with van der Waals surface area (Å²) in [6.07, 6.45) is 0.209. The van der Waals surface area contributed by atoms with Gasteiger partial charge in [-0.3, -0.25) is 57.9 Å². The number of hydrogen-bond donors (Lipinski definition) is 16. The van der Waals surface area contributed by atoms with E-state index in [2.05, 4.69) is 47.2 Å². The first-order chi connectivity index (χ1) is 40.1. The van der Waals surface area contributed by atoms with Crippen LogP contribution in [-0.2, 0) is 60.8 Å². The molecule has 29 nitrogen and oxygen atoms in total. The normalized spacial score (nSPS) is 16.0. The standard InChI is InChI=1S/C56H88N16O13/c1-6-31(4)46(58)53(84)67-39(21-22-45(76)77)54(85)72-25-9-12-44(72)52(83)71-43(29-57)51(82)70-42(28-34-15-19-36(75)20-16-34)50(81)66-38(11-8-24-64-56(61)62)48(79)69-41(26-30(2)3)49(80)65-37(10-7-23-63-55(59)60)47(78)68-40(32(5)73)27-33-13-17-35(74)18-14-33/h13-20,30-31,37-44,46,74-75H,6-12,21-29,57-58H2,1-5H3,(H,65,80)(H,66,81)(H,67,84)(H,68,78)(H,69,79)(H,70,82)(H,71,83)(H,76,77)(H4,59,60,63)(H4,61,62,64)/t31-,37-,38-,39-,40-,41-,42-,43-,44-,46-/m0/s1. The van der Waals surface area contributed by atoms with Crippen LogP contribution in [0.3, 0.4) is 0 Å². The lowest BCUT2D eigenvalue weighted by Crippen LogP contribution is -2.61. The molecule has 0 bridgehead atoms. The number of guanidine groups is 2. The van der Waals surface area contributed by atoms with Crippen molar-refractivity contribution in [1.82, 2.24) is 42.1 Å². The van der Waals surface area contributed by atoms with Crippen LogP contribution in [0.25, 0.3) is 0 Å². The van der Waals surface area contributed by atoms with Crippen molar-refractivity contribution in [2.45, 2.75) is 166 Å². The highest BCUT2D eigenvalue weighted by Gasteiger charge is 2.40. The molecule has 22 N–H and O–H groups in total. The number of aromatic hydroxyl groups is 2. The average Bonchev–Trinajstić information content (AvgIpc) is 3.97. The lowest BCUT2D eigenvalue weighted by Gasteiger charge is -2.31. The van der Waals surface area contributed by atoms with E-state index in [1.54, 1.807) is 32.9 Å². The summed E-state index contributed by atoms with van der Waals surface area (Å²) >= 11 is 0. The predicted molar refractivity (Wildman–Crippen MR) is 315 cm³/mol. The topological polar surface area (TPSA) is 500 Å². The molecule has 2 aromatic rings. The van der Waals surface area contributed by atoms with E-state index in [9.17, 15) is 63.3 Å². The molecule has 1 aliphatic rings. The molecule has 1 heterocycles. The molecular weight excluding hydrogens is 1100 g/mol. The molecule has 10 atom stereocenters. The molecule has 2 aromatic carbocycles. The number of aliphatic carboxylic acids is 1. The predicted octanol–water partition coefficient (Wildman–Crippen LogP) is -2.79. The zero-order valence-corrected chi connectivity index (χ0v) is 49.0. The summed E-state index contributed by atoms with van der Waals surface area (Å²) in [4.78, 5) is 146. The van der Waals surface area contributed by atoms with E-state index >= 15 is 0 Å². The van der Waals surface area contributed by atoms with Gasteiger partial charge < -0.3 is 91.8 Å². The van der Waals surface area contributed by atoms with Crippen molar-refractivity contribution in [2.24, 2.45) is 56.2 Å². The minimum atomic E-state index is -1.52. The van der Waals surface area contributed by atoms with E-state index in [1.807, 2.05) is 6.92 Å². The number of amides is 8. The average molecular weight is 1190 g/mol. The van der Waals surface area contributed by atoms with Gasteiger partial charge in [-0.25, -0.2) is 0 Å². The van der Waals surface area contributed by atoms with Gasteiger partial charge in [0.25, 0.3) is 0 Å². The van der Waals surface area contributed by atoms with Gasteiger partial charge in [0.15, 0.2) is 17.7 Å². The van der Waals surface area contributed by atoms with Crippen LogP contribution < -0.4 is 71.6 Å². The monoisotopic (exact) mass is 1190 g/mol. The number of carboxylic acid groups (broad SMARTS) is 1. The van der Waals surface area contributed by atoms with Crippen molar-refractivity contribution < 1.29 is 63.3 Å². The second kappa shape index (κ2) is 35.5. The molecular formula is C56H88N16O13. The fraction of sp³-hybridized carbons (Fsp3) is 0.571. The highest BCUT2D eigenvalue weighted by molar-refractivity contribution is 5.98. The summed E-state index contributed by atoms with van der Waals surface area (Å²) in [5.41, 5.74) is 35.4. The number of rotatable bonds is 36. The summed E-state index contributed by atoms with van der Waals surface area (Å²) in [6.45, 7) is 8.05. The molecule has 0 spiro atoms. The van der Waals surface area contributed by atoms with E-state index in [-0.39, 0.29) is 113 Å². The number of benzene rings is 2. The van der Waals surface area contributed by atoms with Gasteiger partial charge in [0.05, 0.1) is 12.1 Å². The zero-order chi connectivity index (χ0) is 63.5. The number of likely N-dealkylation sites (tertiary alicyclic amines) is 1. The quantitative estimate of drug-likeness (QED) is 0.0186. The van der Waals surface area contributed by atoms with Gasteiger partial charge in [-0.1, -0.05) is 58.4 Å². The van der Waals surface area contributed by atoms with Crippen LogP contribution in [0.2, 0.25) is 0 Å². The maximum atomic E-state index is 14.6. The Morgan fingerprint density at radius 2 is 1.04 bits per heavy atom. The Bertz CT molecular complexity index is 2650. The van der Waals surface area contributed by atoms with Crippen molar-refractivity contribution in [2.75, 3.05) is 26.2 Å². The number of aliphatic imine (C=N–C) groups is 2. The Hall–Kier alpha value is -8.60. The molecule has 1 fully saturated rings. The third-order valence-corrected chi connectivity index (χ3v) is 14.2. The van der Waals surface area contributed by atoms with E-state index < -0.39 is 126 Å². The number of phenols is 2. The first-order valence-electron chi connectivity index (χ1n) is 28.4. The Morgan fingerprint density at radius 3 is 1.49 bits per heavy atom. The molecule has 29 heteroatoms. The molecule has 3 rings (SSSR count). The lowest BCUT2D eigenvalue weighted by molar-refractivity contribution is -0.143. The maximum absolute atomic E-state index is 14.6. The van der Waals surface area contributed by atoms with Crippen LogP contribution >= 0.6 is 0 Å². The van der Waals surface area contributed by atoms with E-state index in [1.165, 1.54) is 48.2 Å². The number of nitrogens with two attached hydrogens (primary N) is 6. The van der Waals surface area contributed by atoms with Gasteiger partial charge in [0.2, 0.25) is 47.3 Å². The summed E-state index contributed by atoms with van der Waals surface area (Å²) in [5.74, 6) is -9.16. The molecule has 0 aromatic heterocycles. The Labute approximate surface area is 494 Å². The number of carboxylic acids is 1. The van der Waals surface area contributed by atoms with Crippen LogP contribution in [0, 0.1) is 11.8 Å². The number of ketones is 1. The third kappa shape index (κ3) is 24.6. The van der Waals surface area contributed by atoms with E-state index in [4.69, 9.17) is 34.4 Å². The van der Waals surface area contributed by atoms with Crippen molar-refractivity contribution in [3.05, 3.63) is 59.7 Å². The van der Waals surface area contributed by atoms with Gasteiger partial charge in [0, 0.05) is 39.0 Å². The number of hydrogen-bond acceptors (Lipinski definition) is 16. The smallest absolute Gasteiger partial charge is 0.303 e. The van der Waals surface area contributed by atoms with Gasteiger partial charge >= 0.3 is 5.97 Å². The number of Topliss-reactive ketones (excluding diaryl/α,β-unsaturated/α-hetero) is 1. The second-order valence-electron chi connectivity index (χ2n) is 21.6. The van der Waals surface area contributed by atoms with Crippen molar-refractivity contribution in [3.63, 3.8) is 0 Å². The summed E-state index contributed by atoms with van der Waals surface area (Å²) in [5, 5.41) is 47.8. The molecule has 470 valence electrons. The fourth-order valence-corrected chi connectivity index (χ4v) is 9.16. The van der Waals surface area contributed by atoms with Crippen LogP contribution in [0.4, 0.5) is 0 Å². The minimum Gasteiger partial charge on any atom is -0.508 e. The SMILES string of the molecule is CC[C@H](C)[C@H](N)C(=O)N[C@@H](CCC(=O)O)C(=O)N1CCC[C@H]1C(=O)N[C@@H](CN)C(=O)N[C@@H](Cc1ccc(O)cc1)C(=O)N[C@@H](CCCN=C(N)N)C(=O)N[C@@H](CC(C)C)C(=O)N[C@@H](CCCN=C(N)N)C(=O)N[C@@H](Cc1ccc(O)cc1)C(C)=O. The molecule has 1 aliphatic heterocycles. The van der Waals surface area contributed by atoms with Gasteiger partial charge in [0.1, 0.15) is 53.8 Å². The van der Waals surface area contributed by atoms with Crippen LogP contribution in [-0.4, -0.2) is 172 Å². The van der Waals surface area contributed by atoms with Crippen molar-refractivity contribution >= 4 is 70.9 Å². The highest BCUT2D eigenvalue weighted by atomic mass is 16.4. The number of carbonyl (C=O) groups excluding carboxylic acids is 9. The fourth-order valence-electron chi connectivity index (χ4n) is 9.16. The van der Waals surface area contributed by atoms with Crippen LogP contribution in [0.1, 0.15) is 110 Å². The number of phenolic OH excluding ortho intramolecular Hbond substituents is 2. The molecule has 8 amide bonds. The maximum Gasteiger partial charge on any atom is 0.303 e. The molecule has 0 radical (unpaired) electrons. The van der Waals surface area contributed by atoms with Crippen molar-refractivity contribution in [1.29, 1.82) is 0 Å². The van der Waals surface area contributed by atoms with Gasteiger partial charge in [-0.2, -0.15) is 0 Å². The third-order valence-electron chi connectivity index (χ3n) is 14.2. The lowest BCUT2D eigenvalue weighted by atomic mass is 9.98. The number of nitrogens with zero attached hydrogens (tertiary/aromatic N) is 3. The minimum absolute atomic E-state index is 0.00159. The molecule has 1 saturated heterocycles. The summed E-state index contributed by atoms with van der Waals surface area (Å²) in [7, 11) is 0. The molecule has 0 saturated carbocycles. The first-order valence-corrected chi connectivity index (χ1v) is 28.4. The van der Waals surface area contributed by atoms with E-state index in [0.717, 1.165) is 0 Å². The molecule has 85 heavy (non-hydrogen) atoms. The van der Waals surface area contributed by atoms with Gasteiger partial charge in [-0.15, -0.1) is 0 Å².